The van der Waals surface area contributed by atoms with Gasteiger partial charge in [-0.3, -0.25) is 9.59 Å². The van der Waals surface area contributed by atoms with Crippen molar-refractivity contribution in [3.8, 4) is 0 Å². The molecule has 2 rings (SSSR count). The second-order valence-corrected chi connectivity index (χ2v) is 6.77. The van der Waals surface area contributed by atoms with Gasteiger partial charge in [0.1, 0.15) is 0 Å². The van der Waals surface area contributed by atoms with Gasteiger partial charge in [0.05, 0.1) is 11.5 Å². The van der Waals surface area contributed by atoms with E-state index in [-0.39, 0.29) is 17.9 Å². The molecule has 0 aliphatic heterocycles. The lowest BCUT2D eigenvalue weighted by atomic mass is 9.85. The van der Waals surface area contributed by atoms with Crippen LogP contribution in [0, 0.1) is 5.92 Å². The highest BCUT2D eigenvalue weighted by Gasteiger charge is 2.28. The standard InChI is InChI=1S/C14H15Br2NO3/c15-9-4-5-11(12(16)7-9)13(18)17-10-3-1-2-8(6-10)14(19)20/h4-5,7-8,10H,1-3,6H2,(H,17,18)(H,19,20). The normalized spacial score (nSPS) is 22.3. The molecule has 2 atom stereocenters. The number of rotatable bonds is 3. The second kappa shape index (κ2) is 6.72. The summed E-state index contributed by atoms with van der Waals surface area (Å²) >= 11 is 6.70. The Labute approximate surface area is 134 Å². The van der Waals surface area contributed by atoms with Gasteiger partial charge in [-0.15, -0.1) is 0 Å². The first-order valence-electron chi connectivity index (χ1n) is 6.46. The fraction of sp³-hybridized carbons (Fsp3) is 0.429. The molecule has 0 bridgehead atoms. The second-order valence-electron chi connectivity index (χ2n) is 5.00. The maximum absolute atomic E-state index is 12.2. The fourth-order valence-electron chi connectivity index (χ4n) is 2.48. The molecule has 1 aromatic rings. The van der Waals surface area contributed by atoms with Crippen molar-refractivity contribution in [2.24, 2.45) is 5.92 Å². The van der Waals surface area contributed by atoms with Crippen LogP contribution in [0.3, 0.4) is 0 Å². The van der Waals surface area contributed by atoms with E-state index in [1.165, 1.54) is 0 Å². The number of hydrogen-bond donors (Lipinski definition) is 2. The molecule has 6 heteroatoms. The smallest absolute Gasteiger partial charge is 0.306 e. The number of halogens is 2. The van der Waals surface area contributed by atoms with Gasteiger partial charge in [0.15, 0.2) is 0 Å². The highest BCUT2D eigenvalue weighted by atomic mass is 79.9. The van der Waals surface area contributed by atoms with Crippen LogP contribution in [0.2, 0.25) is 0 Å². The van der Waals surface area contributed by atoms with Gasteiger partial charge in [-0.25, -0.2) is 0 Å². The first-order chi connectivity index (χ1) is 9.47. The molecule has 20 heavy (non-hydrogen) atoms. The van der Waals surface area contributed by atoms with E-state index in [1.807, 2.05) is 6.07 Å². The van der Waals surface area contributed by atoms with Crippen molar-refractivity contribution in [1.29, 1.82) is 0 Å². The third-order valence-electron chi connectivity index (χ3n) is 3.53. The molecule has 2 unspecified atom stereocenters. The molecule has 108 valence electrons. The van der Waals surface area contributed by atoms with Crippen LogP contribution in [-0.4, -0.2) is 23.0 Å². The van der Waals surface area contributed by atoms with Crippen LogP contribution >= 0.6 is 31.9 Å². The monoisotopic (exact) mass is 403 g/mol. The van der Waals surface area contributed by atoms with E-state index >= 15 is 0 Å². The lowest BCUT2D eigenvalue weighted by Gasteiger charge is -2.27. The van der Waals surface area contributed by atoms with Crippen molar-refractivity contribution in [3.05, 3.63) is 32.7 Å². The van der Waals surface area contributed by atoms with Gasteiger partial charge in [0, 0.05) is 15.0 Å². The molecule has 1 fully saturated rings. The third kappa shape index (κ3) is 3.82. The molecule has 1 aliphatic rings. The van der Waals surface area contributed by atoms with E-state index < -0.39 is 5.97 Å². The van der Waals surface area contributed by atoms with Gasteiger partial charge in [-0.2, -0.15) is 0 Å². The number of aliphatic carboxylic acids is 1. The summed E-state index contributed by atoms with van der Waals surface area (Å²) in [5, 5.41) is 12.0. The van der Waals surface area contributed by atoms with Gasteiger partial charge < -0.3 is 10.4 Å². The lowest BCUT2D eigenvalue weighted by molar-refractivity contribution is -0.143. The first-order valence-corrected chi connectivity index (χ1v) is 8.04. The molecule has 0 aromatic heterocycles. The zero-order valence-electron chi connectivity index (χ0n) is 10.7. The van der Waals surface area contributed by atoms with Crippen molar-refractivity contribution in [3.63, 3.8) is 0 Å². The summed E-state index contributed by atoms with van der Waals surface area (Å²) in [6, 6.07) is 5.30. The molecule has 1 saturated carbocycles. The van der Waals surface area contributed by atoms with E-state index in [0.29, 0.717) is 18.4 Å². The highest BCUT2D eigenvalue weighted by molar-refractivity contribution is 9.11. The molecule has 2 N–H and O–H groups in total. The summed E-state index contributed by atoms with van der Waals surface area (Å²) < 4.78 is 1.61. The first kappa shape index (κ1) is 15.5. The van der Waals surface area contributed by atoms with Crippen molar-refractivity contribution in [1.82, 2.24) is 5.32 Å². The van der Waals surface area contributed by atoms with Gasteiger partial charge in [0.25, 0.3) is 5.91 Å². The van der Waals surface area contributed by atoms with Crippen LogP contribution < -0.4 is 5.32 Å². The van der Waals surface area contributed by atoms with Gasteiger partial charge in [-0.05, 0) is 53.4 Å². The van der Waals surface area contributed by atoms with Crippen molar-refractivity contribution in [2.75, 3.05) is 0 Å². The number of nitrogens with one attached hydrogen (secondary N) is 1. The minimum atomic E-state index is -0.770. The molecular formula is C14H15Br2NO3. The van der Waals surface area contributed by atoms with E-state index in [2.05, 4.69) is 37.2 Å². The summed E-state index contributed by atoms with van der Waals surface area (Å²) in [6.07, 6.45) is 2.88. The summed E-state index contributed by atoms with van der Waals surface area (Å²) in [6.45, 7) is 0. The summed E-state index contributed by atoms with van der Waals surface area (Å²) in [4.78, 5) is 23.2. The van der Waals surface area contributed by atoms with Crippen LogP contribution in [0.1, 0.15) is 36.0 Å². The van der Waals surface area contributed by atoms with Crippen LogP contribution in [0.15, 0.2) is 27.1 Å². The summed E-state index contributed by atoms with van der Waals surface area (Å²) in [7, 11) is 0. The number of benzene rings is 1. The zero-order chi connectivity index (χ0) is 14.7. The molecule has 0 saturated heterocycles. The minimum Gasteiger partial charge on any atom is -0.481 e. The Morgan fingerprint density at radius 3 is 2.65 bits per heavy atom. The third-order valence-corrected chi connectivity index (χ3v) is 4.68. The predicted octanol–water partition coefficient (Wildman–Crippen LogP) is 3.58. The quantitative estimate of drug-likeness (QED) is 0.808. The molecule has 1 aromatic carbocycles. The average molecular weight is 405 g/mol. The maximum atomic E-state index is 12.2. The average Bonchev–Trinajstić information content (AvgIpc) is 2.38. The minimum absolute atomic E-state index is 0.0621. The number of carboxylic acids is 1. The van der Waals surface area contributed by atoms with Gasteiger partial charge in [0.2, 0.25) is 0 Å². The molecule has 1 amide bonds. The molecule has 0 spiro atoms. The predicted molar refractivity (Wildman–Crippen MR) is 82.7 cm³/mol. The largest absolute Gasteiger partial charge is 0.481 e. The number of carboxylic acid groups (broad SMARTS) is 1. The van der Waals surface area contributed by atoms with Crippen LogP contribution in [0.5, 0.6) is 0 Å². The van der Waals surface area contributed by atoms with Gasteiger partial charge in [-0.1, -0.05) is 22.4 Å². The summed E-state index contributed by atoms with van der Waals surface area (Å²) in [5.41, 5.74) is 0.561. The SMILES string of the molecule is O=C(NC1CCCC(C(=O)O)C1)c1ccc(Br)cc1Br. The Morgan fingerprint density at radius 2 is 2.00 bits per heavy atom. The molecule has 0 radical (unpaired) electrons. The van der Waals surface area contributed by atoms with E-state index in [9.17, 15) is 9.59 Å². The fourth-order valence-corrected chi connectivity index (χ4v) is 3.71. The number of hydrogen-bond acceptors (Lipinski definition) is 2. The molecular weight excluding hydrogens is 390 g/mol. The number of carbonyl (C=O) groups excluding carboxylic acids is 1. The van der Waals surface area contributed by atoms with Crippen molar-refractivity contribution >= 4 is 43.7 Å². The van der Waals surface area contributed by atoms with E-state index in [4.69, 9.17) is 5.11 Å². The number of carbonyl (C=O) groups is 2. The summed E-state index contributed by atoms with van der Waals surface area (Å²) in [5.74, 6) is -1.28. The number of amides is 1. The Bertz CT molecular complexity index is 533. The van der Waals surface area contributed by atoms with Crippen LogP contribution in [-0.2, 0) is 4.79 Å². The van der Waals surface area contributed by atoms with Crippen molar-refractivity contribution in [2.45, 2.75) is 31.7 Å². The molecule has 1 aliphatic carbocycles. The molecule has 4 nitrogen and oxygen atoms in total. The van der Waals surface area contributed by atoms with E-state index in [1.54, 1.807) is 12.1 Å². The maximum Gasteiger partial charge on any atom is 0.306 e. The lowest BCUT2D eigenvalue weighted by Crippen LogP contribution is -2.40. The van der Waals surface area contributed by atoms with Crippen molar-refractivity contribution < 1.29 is 14.7 Å². The Hall–Kier alpha value is -0.880. The topological polar surface area (TPSA) is 66.4 Å². The Balaban J connectivity index is 2.02. The highest BCUT2D eigenvalue weighted by Crippen LogP contribution is 2.26. The van der Waals surface area contributed by atoms with E-state index in [0.717, 1.165) is 21.8 Å². The zero-order valence-corrected chi connectivity index (χ0v) is 13.9. The Kier molecular flexibility index (Phi) is 5.21. The van der Waals surface area contributed by atoms with Gasteiger partial charge >= 0.3 is 5.97 Å². The molecule has 0 heterocycles. The Morgan fingerprint density at radius 1 is 1.25 bits per heavy atom. The van der Waals surface area contributed by atoms with Crippen LogP contribution in [0.4, 0.5) is 0 Å². The van der Waals surface area contributed by atoms with Crippen LogP contribution in [0.25, 0.3) is 0 Å².